The van der Waals surface area contributed by atoms with Gasteiger partial charge in [-0.1, -0.05) is 38.2 Å². The van der Waals surface area contributed by atoms with E-state index >= 15 is 0 Å². The quantitative estimate of drug-likeness (QED) is 0.660. The van der Waals surface area contributed by atoms with Crippen molar-refractivity contribution < 1.29 is 0 Å². The maximum Gasteiger partial charge on any atom is 0.0302 e. The number of fused-ring (bicyclic) bond motifs is 3. The third kappa shape index (κ3) is 1.21. The molecule has 0 amide bonds. The second-order valence-corrected chi connectivity index (χ2v) is 6.03. The van der Waals surface area contributed by atoms with E-state index in [1.54, 1.807) is 5.57 Å². The van der Waals surface area contributed by atoms with Crippen molar-refractivity contribution in [2.75, 3.05) is 0 Å². The van der Waals surface area contributed by atoms with Gasteiger partial charge in [0.15, 0.2) is 0 Å². The van der Waals surface area contributed by atoms with Gasteiger partial charge in [-0.2, -0.15) is 0 Å². The minimum Gasteiger partial charge on any atom is -0.324 e. The molecule has 0 aromatic rings. The van der Waals surface area contributed by atoms with Crippen molar-refractivity contribution in [2.45, 2.75) is 39.2 Å². The molecule has 2 N–H and O–H groups in total. The van der Waals surface area contributed by atoms with Crippen LogP contribution in [0.15, 0.2) is 35.5 Å². The Morgan fingerprint density at radius 1 is 1.31 bits per heavy atom. The highest BCUT2D eigenvalue weighted by atomic mass is 14.7. The Morgan fingerprint density at radius 2 is 2.12 bits per heavy atom. The first-order chi connectivity index (χ1) is 7.62. The van der Waals surface area contributed by atoms with Crippen LogP contribution in [0.5, 0.6) is 0 Å². The summed E-state index contributed by atoms with van der Waals surface area (Å²) in [7, 11) is 0. The zero-order valence-corrected chi connectivity index (χ0v) is 10.2. The molecule has 0 spiro atoms. The first-order valence-electron chi connectivity index (χ1n) is 6.47. The van der Waals surface area contributed by atoms with Gasteiger partial charge in [0.05, 0.1) is 0 Å². The summed E-state index contributed by atoms with van der Waals surface area (Å²) in [5.74, 6) is 1.27. The highest BCUT2D eigenvalue weighted by Crippen LogP contribution is 2.58. The molecule has 1 saturated carbocycles. The highest BCUT2D eigenvalue weighted by Gasteiger charge is 2.51. The van der Waals surface area contributed by atoms with Crippen molar-refractivity contribution in [3.63, 3.8) is 0 Å². The summed E-state index contributed by atoms with van der Waals surface area (Å²) in [6.45, 7) is 4.81. The summed E-state index contributed by atoms with van der Waals surface area (Å²) < 4.78 is 0. The molecule has 1 fully saturated rings. The fourth-order valence-corrected chi connectivity index (χ4v) is 4.07. The zero-order valence-electron chi connectivity index (χ0n) is 10.2. The van der Waals surface area contributed by atoms with Crippen LogP contribution in [0.4, 0.5) is 0 Å². The first kappa shape index (κ1) is 10.3. The summed E-state index contributed by atoms with van der Waals surface area (Å²) in [6.07, 6.45) is 13.0. The van der Waals surface area contributed by atoms with Crippen LogP contribution in [0.3, 0.4) is 0 Å². The number of rotatable bonds is 0. The van der Waals surface area contributed by atoms with E-state index < -0.39 is 0 Å². The fourth-order valence-electron chi connectivity index (χ4n) is 4.07. The van der Waals surface area contributed by atoms with Gasteiger partial charge in [-0.05, 0) is 41.7 Å². The van der Waals surface area contributed by atoms with Crippen molar-refractivity contribution >= 4 is 0 Å². The lowest BCUT2D eigenvalue weighted by molar-refractivity contribution is 0.181. The third-order valence-corrected chi connectivity index (χ3v) is 4.80. The summed E-state index contributed by atoms with van der Waals surface area (Å²) in [4.78, 5) is 0. The van der Waals surface area contributed by atoms with E-state index in [0.29, 0.717) is 11.3 Å². The Bertz CT molecular complexity index is 398. The van der Waals surface area contributed by atoms with Crippen molar-refractivity contribution in [1.29, 1.82) is 0 Å². The molecule has 86 valence electrons. The lowest BCUT2D eigenvalue weighted by Gasteiger charge is -2.36. The lowest BCUT2D eigenvalue weighted by Crippen LogP contribution is -2.39. The van der Waals surface area contributed by atoms with Gasteiger partial charge in [0.25, 0.3) is 0 Å². The van der Waals surface area contributed by atoms with Crippen LogP contribution in [0.25, 0.3) is 0 Å². The molecule has 1 nitrogen and oxygen atoms in total. The summed E-state index contributed by atoms with van der Waals surface area (Å²) >= 11 is 0. The lowest BCUT2D eigenvalue weighted by atomic mass is 9.69. The Labute approximate surface area is 98.1 Å². The van der Waals surface area contributed by atoms with Crippen LogP contribution in [0.2, 0.25) is 0 Å². The van der Waals surface area contributed by atoms with Crippen LogP contribution < -0.4 is 5.73 Å². The van der Waals surface area contributed by atoms with Crippen LogP contribution in [-0.2, 0) is 0 Å². The Hall–Kier alpha value is -0.820. The number of hydrogen-bond acceptors (Lipinski definition) is 1. The molecule has 0 heterocycles. The average Bonchev–Trinajstić information content (AvgIpc) is 2.50. The molecular weight excluding hydrogens is 194 g/mol. The van der Waals surface area contributed by atoms with Gasteiger partial charge in [-0.3, -0.25) is 0 Å². The van der Waals surface area contributed by atoms with Crippen molar-refractivity contribution in [3.8, 4) is 0 Å². The van der Waals surface area contributed by atoms with Gasteiger partial charge in [-0.15, -0.1) is 0 Å². The number of nitrogens with two attached hydrogens (primary N) is 1. The van der Waals surface area contributed by atoms with Crippen molar-refractivity contribution in [3.05, 3.63) is 35.5 Å². The predicted molar refractivity (Wildman–Crippen MR) is 67.9 cm³/mol. The molecule has 3 rings (SSSR count). The largest absolute Gasteiger partial charge is 0.324 e. The van der Waals surface area contributed by atoms with Gasteiger partial charge in [-0.25, -0.2) is 0 Å². The third-order valence-electron chi connectivity index (χ3n) is 4.80. The van der Waals surface area contributed by atoms with Crippen LogP contribution in [0.1, 0.15) is 33.1 Å². The smallest absolute Gasteiger partial charge is 0.0302 e. The van der Waals surface area contributed by atoms with E-state index in [4.69, 9.17) is 5.73 Å². The molecule has 0 bridgehead atoms. The summed E-state index contributed by atoms with van der Waals surface area (Å²) in [5, 5.41) is 0. The topological polar surface area (TPSA) is 26.0 Å². The van der Waals surface area contributed by atoms with E-state index in [1.165, 1.54) is 24.8 Å². The van der Waals surface area contributed by atoms with E-state index in [2.05, 4.69) is 38.2 Å². The van der Waals surface area contributed by atoms with Gasteiger partial charge in [0.2, 0.25) is 0 Å². The molecule has 2 unspecified atom stereocenters. The van der Waals surface area contributed by atoms with Gasteiger partial charge in [0.1, 0.15) is 0 Å². The minimum absolute atomic E-state index is 0.210. The SMILES string of the molecule is CC1(C)C2C(=CC=CC2N)C2=CCCC[C@@H]21. The molecule has 3 aliphatic carbocycles. The normalized spacial score (nSPS) is 39.8. The van der Waals surface area contributed by atoms with Crippen LogP contribution in [-0.4, -0.2) is 6.04 Å². The van der Waals surface area contributed by atoms with E-state index in [0.717, 1.165) is 5.92 Å². The Balaban J connectivity index is 2.12. The monoisotopic (exact) mass is 215 g/mol. The van der Waals surface area contributed by atoms with Crippen LogP contribution in [0, 0.1) is 17.3 Å². The van der Waals surface area contributed by atoms with Crippen LogP contribution >= 0.6 is 0 Å². The number of allylic oxidation sites excluding steroid dienone is 4. The Kier molecular flexibility index (Phi) is 2.16. The minimum atomic E-state index is 0.210. The first-order valence-corrected chi connectivity index (χ1v) is 6.47. The van der Waals surface area contributed by atoms with E-state index in [1.807, 2.05) is 0 Å². The molecule has 1 heteroatoms. The number of hydrogen-bond donors (Lipinski definition) is 1. The molecule has 3 atom stereocenters. The molecular formula is C15H21N. The van der Waals surface area contributed by atoms with Crippen molar-refractivity contribution in [1.82, 2.24) is 0 Å². The molecule has 0 aromatic carbocycles. The average molecular weight is 215 g/mol. The molecule has 0 saturated heterocycles. The van der Waals surface area contributed by atoms with E-state index in [-0.39, 0.29) is 6.04 Å². The Morgan fingerprint density at radius 3 is 2.94 bits per heavy atom. The summed E-state index contributed by atoms with van der Waals surface area (Å²) in [6, 6.07) is 0.210. The molecule has 0 aliphatic heterocycles. The second kappa shape index (κ2) is 3.33. The van der Waals surface area contributed by atoms with Gasteiger partial charge in [0, 0.05) is 12.0 Å². The zero-order chi connectivity index (χ0) is 11.3. The van der Waals surface area contributed by atoms with Crippen molar-refractivity contribution in [2.24, 2.45) is 23.0 Å². The predicted octanol–water partition coefficient (Wildman–Crippen LogP) is 3.19. The molecule has 0 aromatic heterocycles. The standard InChI is InChI=1S/C15H21N/c1-15(2)12-8-4-3-6-10(12)11-7-5-9-13(16)14(11)15/h5-7,9,12-14H,3-4,8,16H2,1-2H3/t12-,13?,14?/m0/s1. The summed E-state index contributed by atoms with van der Waals surface area (Å²) in [5.41, 5.74) is 9.77. The van der Waals surface area contributed by atoms with Gasteiger partial charge >= 0.3 is 0 Å². The highest BCUT2D eigenvalue weighted by molar-refractivity contribution is 5.49. The molecule has 0 radical (unpaired) electrons. The second-order valence-electron chi connectivity index (χ2n) is 6.03. The fraction of sp³-hybridized carbons (Fsp3) is 0.600. The maximum atomic E-state index is 6.29. The van der Waals surface area contributed by atoms with Gasteiger partial charge < -0.3 is 5.73 Å². The maximum absolute atomic E-state index is 6.29. The molecule has 3 aliphatic rings. The molecule has 16 heavy (non-hydrogen) atoms. The van der Waals surface area contributed by atoms with E-state index in [9.17, 15) is 0 Å².